The van der Waals surface area contributed by atoms with Crippen LogP contribution >= 0.6 is 0 Å². The Bertz CT molecular complexity index is 518. The summed E-state index contributed by atoms with van der Waals surface area (Å²) in [5, 5.41) is 12.6. The van der Waals surface area contributed by atoms with Gasteiger partial charge in [0.25, 0.3) is 0 Å². The molecule has 0 saturated heterocycles. The average molecular weight is 291 g/mol. The van der Waals surface area contributed by atoms with Crippen LogP contribution in [0.1, 0.15) is 19.3 Å². The zero-order chi connectivity index (χ0) is 11.7. The molecule has 0 amide bonds. The van der Waals surface area contributed by atoms with Gasteiger partial charge in [0, 0.05) is 0 Å². The molecular weight excluding hydrogens is 275 g/mol. The molecule has 1 saturated carbocycles. The van der Waals surface area contributed by atoms with Crippen LogP contribution in [0.3, 0.4) is 0 Å². The van der Waals surface area contributed by atoms with Crippen molar-refractivity contribution in [2.45, 2.75) is 30.2 Å². The summed E-state index contributed by atoms with van der Waals surface area (Å²) in [6, 6.07) is 15.1. The number of benzene rings is 2. The summed E-state index contributed by atoms with van der Waals surface area (Å²) >= 11 is 0.400. The molecule has 0 aliphatic heterocycles. The Kier molecular flexibility index (Phi) is 3.19. The van der Waals surface area contributed by atoms with Crippen molar-refractivity contribution in [2.75, 3.05) is 0 Å². The van der Waals surface area contributed by atoms with Crippen molar-refractivity contribution in [1.29, 1.82) is 0 Å². The van der Waals surface area contributed by atoms with Gasteiger partial charge in [-0.1, -0.05) is 0 Å². The first kappa shape index (κ1) is 11.3. The molecule has 0 heterocycles. The van der Waals surface area contributed by atoms with Gasteiger partial charge in [-0.05, 0) is 0 Å². The summed E-state index contributed by atoms with van der Waals surface area (Å²) in [6.45, 7) is 0. The van der Waals surface area contributed by atoms with Gasteiger partial charge in [0.05, 0.1) is 0 Å². The molecule has 2 atom stereocenters. The quantitative estimate of drug-likeness (QED) is 0.843. The van der Waals surface area contributed by atoms with E-state index in [2.05, 4.69) is 42.5 Å². The van der Waals surface area contributed by atoms with E-state index in [0.29, 0.717) is 19.8 Å². The standard InChI is InChI=1S/C15H16OSe/c16-13-8-4-10-15(13)17-14-9-3-6-11-5-1-2-7-12(11)14/h1-3,5-7,9,13,15-16H,4,8,10H2/t13-,15-/m0/s1. The summed E-state index contributed by atoms with van der Waals surface area (Å²) in [5.41, 5.74) is 0. The van der Waals surface area contributed by atoms with Crippen LogP contribution in [0.4, 0.5) is 0 Å². The van der Waals surface area contributed by atoms with Gasteiger partial charge in [-0.3, -0.25) is 0 Å². The first-order chi connectivity index (χ1) is 8.34. The Hall–Kier alpha value is -0.821. The fourth-order valence-electron chi connectivity index (χ4n) is 2.51. The van der Waals surface area contributed by atoms with E-state index in [4.69, 9.17) is 0 Å². The maximum absolute atomic E-state index is 9.94. The Balaban J connectivity index is 1.94. The van der Waals surface area contributed by atoms with Gasteiger partial charge in [0.15, 0.2) is 0 Å². The minimum atomic E-state index is -0.0611. The molecule has 0 unspecified atom stereocenters. The molecule has 1 fully saturated rings. The third-order valence-corrected chi connectivity index (χ3v) is 6.51. The Morgan fingerprint density at radius 3 is 2.65 bits per heavy atom. The van der Waals surface area contributed by atoms with E-state index in [1.165, 1.54) is 28.1 Å². The second kappa shape index (κ2) is 4.81. The van der Waals surface area contributed by atoms with Crippen LogP contribution in [0.2, 0.25) is 4.82 Å². The fourth-order valence-corrected chi connectivity index (χ4v) is 5.39. The zero-order valence-electron chi connectivity index (χ0n) is 9.67. The van der Waals surface area contributed by atoms with E-state index in [1.807, 2.05) is 0 Å². The van der Waals surface area contributed by atoms with Crippen molar-refractivity contribution in [1.82, 2.24) is 0 Å². The second-order valence-electron chi connectivity index (χ2n) is 4.63. The van der Waals surface area contributed by atoms with Gasteiger partial charge in [-0.2, -0.15) is 0 Å². The molecule has 2 heteroatoms. The van der Waals surface area contributed by atoms with Crippen LogP contribution in [-0.4, -0.2) is 26.2 Å². The van der Waals surface area contributed by atoms with Gasteiger partial charge >= 0.3 is 108 Å². The number of hydrogen-bond acceptors (Lipinski definition) is 1. The van der Waals surface area contributed by atoms with Gasteiger partial charge in [0.2, 0.25) is 0 Å². The molecule has 2 aromatic carbocycles. The topological polar surface area (TPSA) is 20.2 Å². The van der Waals surface area contributed by atoms with Crippen molar-refractivity contribution in [2.24, 2.45) is 0 Å². The first-order valence-corrected chi connectivity index (χ1v) is 8.01. The third-order valence-electron chi connectivity index (χ3n) is 3.45. The molecule has 3 rings (SSSR count). The van der Waals surface area contributed by atoms with Gasteiger partial charge in [-0.15, -0.1) is 0 Å². The number of aliphatic hydroxyl groups is 1. The van der Waals surface area contributed by atoms with Gasteiger partial charge in [0.1, 0.15) is 0 Å². The number of hydrogen-bond donors (Lipinski definition) is 1. The minimum absolute atomic E-state index is 0.0611. The van der Waals surface area contributed by atoms with Crippen LogP contribution in [0, 0.1) is 0 Å². The van der Waals surface area contributed by atoms with Gasteiger partial charge in [-0.25, -0.2) is 0 Å². The molecular formula is C15H16OSe. The van der Waals surface area contributed by atoms with Crippen molar-refractivity contribution in [3.63, 3.8) is 0 Å². The van der Waals surface area contributed by atoms with Crippen LogP contribution in [0.25, 0.3) is 10.8 Å². The molecule has 0 spiro atoms. The van der Waals surface area contributed by atoms with Crippen LogP contribution in [-0.2, 0) is 0 Å². The maximum atomic E-state index is 9.94. The summed E-state index contributed by atoms with van der Waals surface area (Å²) in [5.74, 6) is 0. The third kappa shape index (κ3) is 2.26. The summed E-state index contributed by atoms with van der Waals surface area (Å²) < 4.78 is 1.45. The van der Waals surface area contributed by atoms with Crippen molar-refractivity contribution < 1.29 is 5.11 Å². The molecule has 0 aromatic heterocycles. The molecule has 1 N–H and O–H groups in total. The number of rotatable bonds is 2. The van der Waals surface area contributed by atoms with Crippen molar-refractivity contribution in [3.05, 3.63) is 42.5 Å². The van der Waals surface area contributed by atoms with E-state index in [-0.39, 0.29) is 6.10 Å². The predicted octanol–water partition coefficient (Wildman–Crippen LogP) is 2.50. The zero-order valence-corrected chi connectivity index (χ0v) is 11.4. The average Bonchev–Trinajstić information content (AvgIpc) is 2.76. The normalized spacial score (nSPS) is 24.3. The Morgan fingerprint density at radius 1 is 1.00 bits per heavy atom. The van der Waals surface area contributed by atoms with Crippen LogP contribution < -0.4 is 4.46 Å². The fraction of sp³-hybridized carbons (Fsp3) is 0.333. The molecule has 0 radical (unpaired) electrons. The first-order valence-electron chi connectivity index (χ1n) is 6.17. The second-order valence-corrected chi connectivity index (χ2v) is 7.32. The summed E-state index contributed by atoms with van der Waals surface area (Å²) in [7, 11) is 0. The molecule has 2 aromatic rings. The molecule has 0 bridgehead atoms. The SMILES string of the molecule is O[C@H]1CCC[C@@H]1[Se]c1cccc2ccccc12. The summed E-state index contributed by atoms with van der Waals surface area (Å²) in [6.07, 6.45) is 3.33. The number of fused-ring (bicyclic) bond motifs is 1. The molecule has 1 aliphatic rings. The molecule has 1 nitrogen and oxygen atoms in total. The Labute approximate surface area is 108 Å². The van der Waals surface area contributed by atoms with E-state index in [1.54, 1.807) is 0 Å². The van der Waals surface area contributed by atoms with Crippen molar-refractivity contribution >= 4 is 30.2 Å². The van der Waals surface area contributed by atoms with E-state index < -0.39 is 0 Å². The number of aliphatic hydroxyl groups excluding tert-OH is 1. The Morgan fingerprint density at radius 2 is 1.82 bits per heavy atom. The predicted molar refractivity (Wildman–Crippen MR) is 72.9 cm³/mol. The monoisotopic (exact) mass is 292 g/mol. The van der Waals surface area contributed by atoms with Crippen molar-refractivity contribution in [3.8, 4) is 0 Å². The molecule has 17 heavy (non-hydrogen) atoms. The van der Waals surface area contributed by atoms with Crippen LogP contribution in [0.5, 0.6) is 0 Å². The molecule has 1 aliphatic carbocycles. The summed E-state index contributed by atoms with van der Waals surface area (Å²) in [4.78, 5) is 0.522. The van der Waals surface area contributed by atoms with E-state index in [0.717, 1.165) is 6.42 Å². The molecule has 88 valence electrons. The van der Waals surface area contributed by atoms with Crippen LogP contribution in [0.15, 0.2) is 42.5 Å². The van der Waals surface area contributed by atoms with E-state index >= 15 is 0 Å². The van der Waals surface area contributed by atoms with Gasteiger partial charge < -0.3 is 0 Å². The van der Waals surface area contributed by atoms with E-state index in [9.17, 15) is 5.11 Å².